The van der Waals surface area contributed by atoms with Gasteiger partial charge in [-0.2, -0.15) is 0 Å². The van der Waals surface area contributed by atoms with Gasteiger partial charge in [-0.15, -0.1) is 11.3 Å². The van der Waals surface area contributed by atoms with Crippen molar-refractivity contribution in [3.8, 4) is 0 Å². The number of hydrogen-bond donors (Lipinski definition) is 0. The molecule has 21 heavy (non-hydrogen) atoms. The van der Waals surface area contributed by atoms with E-state index in [9.17, 15) is 20.2 Å². The van der Waals surface area contributed by atoms with Gasteiger partial charge in [-0.1, -0.05) is 0 Å². The Kier molecular flexibility index (Phi) is 3.30. The molecular weight excluding hydrogens is 294 g/mol. The second-order valence-corrected chi connectivity index (χ2v) is 5.73. The normalized spacial score (nSPS) is 13.8. The maximum absolute atomic E-state index is 11.2. The molecular formula is C13H11N3O4S. The molecule has 7 nitrogen and oxygen atoms in total. The average molecular weight is 305 g/mol. The van der Waals surface area contributed by atoms with Crippen molar-refractivity contribution in [1.82, 2.24) is 0 Å². The monoisotopic (exact) mass is 305 g/mol. The van der Waals surface area contributed by atoms with Crippen molar-refractivity contribution in [1.29, 1.82) is 0 Å². The van der Waals surface area contributed by atoms with Crippen LogP contribution in [0.5, 0.6) is 0 Å². The van der Waals surface area contributed by atoms with E-state index in [0.717, 1.165) is 12.5 Å². The van der Waals surface area contributed by atoms with Crippen LogP contribution in [-0.4, -0.2) is 16.4 Å². The zero-order valence-electron chi connectivity index (χ0n) is 10.9. The van der Waals surface area contributed by atoms with Crippen molar-refractivity contribution < 1.29 is 9.85 Å². The summed E-state index contributed by atoms with van der Waals surface area (Å²) in [5, 5.41) is 24.0. The fraction of sp³-hybridized carbons (Fsp3) is 0.231. The Morgan fingerprint density at radius 3 is 2.67 bits per heavy atom. The van der Waals surface area contributed by atoms with Crippen molar-refractivity contribution in [2.24, 2.45) is 0 Å². The first-order valence-corrected chi connectivity index (χ1v) is 7.17. The first-order chi connectivity index (χ1) is 10.1. The summed E-state index contributed by atoms with van der Waals surface area (Å²) in [6, 6.07) is 5.82. The fourth-order valence-corrected chi connectivity index (χ4v) is 3.38. The summed E-state index contributed by atoms with van der Waals surface area (Å²) in [5.74, 6) is 0. The van der Waals surface area contributed by atoms with Crippen LogP contribution in [0.25, 0.3) is 0 Å². The van der Waals surface area contributed by atoms with Gasteiger partial charge in [0.25, 0.3) is 11.4 Å². The summed E-state index contributed by atoms with van der Waals surface area (Å²) in [5.41, 5.74) is 1.11. The lowest BCUT2D eigenvalue weighted by Crippen LogP contribution is -2.29. The van der Waals surface area contributed by atoms with Gasteiger partial charge in [0, 0.05) is 24.0 Å². The van der Waals surface area contributed by atoms with Crippen LogP contribution < -0.4 is 4.90 Å². The molecule has 0 radical (unpaired) electrons. The summed E-state index contributed by atoms with van der Waals surface area (Å²) >= 11 is 1.69. The van der Waals surface area contributed by atoms with E-state index in [-0.39, 0.29) is 11.4 Å². The maximum atomic E-state index is 11.2. The van der Waals surface area contributed by atoms with Gasteiger partial charge in [-0.25, -0.2) is 0 Å². The third kappa shape index (κ3) is 2.45. The second-order valence-electron chi connectivity index (χ2n) is 4.73. The van der Waals surface area contributed by atoms with Gasteiger partial charge < -0.3 is 4.90 Å². The molecule has 0 atom stereocenters. The average Bonchev–Trinajstić information content (AvgIpc) is 2.93. The van der Waals surface area contributed by atoms with Crippen LogP contribution in [0.2, 0.25) is 0 Å². The molecule has 0 saturated heterocycles. The SMILES string of the molecule is O=[N+]([O-])c1ccc(N2CCc3sccc3C2)c([N+](=O)[O-])c1. The summed E-state index contributed by atoms with van der Waals surface area (Å²) < 4.78 is 0. The highest BCUT2D eigenvalue weighted by Crippen LogP contribution is 2.35. The Morgan fingerprint density at radius 1 is 1.14 bits per heavy atom. The summed E-state index contributed by atoms with van der Waals surface area (Å²) in [4.78, 5) is 24.0. The van der Waals surface area contributed by atoms with Gasteiger partial charge in [0.1, 0.15) is 5.69 Å². The number of nitro benzene ring substituents is 2. The van der Waals surface area contributed by atoms with Gasteiger partial charge in [0.05, 0.1) is 15.9 Å². The molecule has 2 aromatic rings. The number of anilines is 1. The number of thiophene rings is 1. The number of benzene rings is 1. The van der Waals surface area contributed by atoms with E-state index in [4.69, 9.17) is 0 Å². The minimum Gasteiger partial charge on any atom is -0.361 e. The number of nitro groups is 2. The number of non-ortho nitro benzene ring substituents is 1. The maximum Gasteiger partial charge on any atom is 0.299 e. The van der Waals surface area contributed by atoms with Crippen molar-refractivity contribution in [2.75, 3.05) is 11.4 Å². The van der Waals surface area contributed by atoms with E-state index in [1.54, 1.807) is 11.3 Å². The molecule has 0 bridgehead atoms. The van der Waals surface area contributed by atoms with Crippen LogP contribution in [0.15, 0.2) is 29.6 Å². The van der Waals surface area contributed by atoms with Gasteiger partial charge in [-0.05, 0) is 29.5 Å². The number of nitrogens with zero attached hydrogens (tertiary/aromatic N) is 3. The molecule has 0 fully saturated rings. The molecule has 1 aliphatic heterocycles. The second kappa shape index (κ2) is 5.13. The largest absolute Gasteiger partial charge is 0.361 e. The predicted octanol–water partition coefficient (Wildman–Crippen LogP) is 3.13. The zero-order chi connectivity index (χ0) is 15.0. The standard InChI is InChI=1S/C13H11N3O4S/c17-15(18)10-1-2-11(12(7-10)16(19)20)14-5-3-13-9(8-14)4-6-21-13/h1-2,4,6-7H,3,5,8H2. The molecule has 2 heterocycles. The summed E-state index contributed by atoms with van der Waals surface area (Å²) in [7, 11) is 0. The Bertz CT molecular complexity index is 728. The van der Waals surface area contributed by atoms with Crippen LogP contribution in [0.4, 0.5) is 17.1 Å². The molecule has 108 valence electrons. The third-order valence-electron chi connectivity index (χ3n) is 3.51. The van der Waals surface area contributed by atoms with Gasteiger partial charge in [-0.3, -0.25) is 20.2 Å². The van der Waals surface area contributed by atoms with Crippen LogP contribution in [0.1, 0.15) is 10.4 Å². The number of rotatable bonds is 3. The van der Waals surface area contributed by atoms with Crippen molar-refractivity contribution in [2.45, 2.75) is 13.0 Å². The molecule has 0 aliphatic carbocycles. The summed E-state index contributed by atoms with van der Waals surface area (Å²) in [6.45, 7) is 1.27. The van der Waals surface area contributed by atoms with Gasteiger partial charge >= 0.3 is 0 Å². The van der Waals surface area contributed by atoms with E-state index in [1.165, 1.54) is 22.6 Å². The topological polar surface area (TPSA) is 89.5 Å². The van der Waals surface area contributed by atoms with E-state index in [0.29, 0.717) is 18.8 Å². The predicted molar refractivity (Wildman–Crippen MR) is 78.8 cm³/mol. The van der Waals surface area contributed by atoms with Crippen LogP contribution >= 0.6 is 11.3 Å². The van der Waals surface area contributed by atoms with Gasteiger partial charge in [0.15, 0.2) is 0 Å². The fourth-order valence-electron chi connectivity index (χ4n) is 2.49. The molecule has 1 aliphatic rings. The lowest BCUT2D eigenvalue weighted by Gasteiger charge is -2.28. The van der Waals surface area contributed by atoms with E-state index < -0.39 is 9.85 Å². The third-order valence-corrected chi connectivity index (χ3v) is 4.54. The minimum atomic E-state index is -0.621. The molecule has 0 saturated carbocycles. The Hall–Kier alpha value is -2.48. The van der Waals surface area contributed by atoms with Gasteiger partial charge in [0.2, 0.25) is 0 Å². The molecule has 0 N–H and O–H groups in total. The Labute approximate surface area is 123 Å². The Morgan fingerprint density at radius 2 is 1.95 bits per heavy atom. The highest BCUT2D eigenvalue weighted by atomic mass is 32.1. The molecule has 8 heteroatoms. The first-order valence-electron chi connectivity index (χ1n) is 6.29. The summed E-state index contributed by atoms with van der Waals surface area (Å²) in [6.07, 6.45) is 0.834. The molecule has 0 spiro atoms. The Balaban J connectivity index is 1.99. The highest BCUT2D eigenvalue weighted by molar-refractivity contribution is 7.10. The van der Waals surface area contributed by atoms with Crippen molar-refractivity contribution >= 4 is 28.4 Å². The molecule has 3 rings (SSSR count). The lowest BCUT2D eigenvalue weighted by molar-refractivity contribution is -0.393. The van der Waals surface area contributed by atoms with E-state index in [1.807, 2.05) is 16.3 Å². The highest BCUT2D eigenvalue weighted by Gasteiger charge is 2.26. The van der Waals surface area contributed by atoms with Crippen molar-refractivity contribution in [3.63, 3.8) is 0 Å². The zero-order valence-corrected chi connectivity index (χ0v) is 11.7. The quantitative estimate of drug-likeness (QED) is 0.642. The molecule has 1 aromatic carbocycles. The van der Waals surface area contributed by atoms with Crippen LogP contribution in [0.3, 0.4) is 0 Å². The van der Waals surface area contributed by atoms with E-state index in [2.05, 4.69) is 0 Å². The smallest absolute Gasteiger partial charge is 0.299 e. The molecule has 1 aromatic heterocycles. The van der Waals surface area contributed by atoms with Crippen molar-refractivity contribution in [3.05, 3.63) is 60.3 Å². The van der Waals surface area contributed by atoms with Crippen LogP contribution in [0, 0.1) is 20.2 Å². The molecule has 0 amide bonds. The first kappa shape index (κ1) is 13.5. The minimum absolute atomic E-state index is 0.220. The lowest BCUT2D eigenvalue weighted by atomic mass is 10.1. The number of fused-ring (bicyclic) bond motifs is 1. The molecule has 0 unspecified atom stereocenters. The van der Waals surface area contributed by atoms with Crippen LogP contribution in [-0.2, 0) is 13.0 Å². The number of hydrogen-bond acceptors (Lipinski definition) is 6. The van der Waals surface area contributed by atoms with E-state index >= 15 is 0 Å².